The summed E-state index contributed by atoms with van der Waals surface area (Å²) >= 11 is 0. The average molecular weight is 249 g/mol. The van der Waals surface area contributed by atoms with Crippen molar-refractivity contribution >= 4 is 0 Å². The second kappa shape index (κ2) is 5.87. The van der Waals surface area contributed by atoms with Gasteiger partial charge >= 0.3 is 0 Å². The van der Waals surface area contributed by atoms with E-state index in [0.717, 1.165) is 25.9 Å². The van der Waals surface area contributed by atoms with Gasteiger partial charge in [-0.2, -0.15) is 0 Å². The summed E-state index contributed by atoms with van der Waals surface area (Å²) in [5, 5.41) is 3.43. The lowest BCUT2D eigenvalue weighted by atomic mass is 10.1. The molecule has 0 radical (unpaired) electrons. The van der Waals surface area contributed by atoms with Crippen molar-refractivity contribution in [1.29, 1.82) is 0 Å². The second-order valence-electron chi connectivity index (χ2n) is 5.79. The summed E-state index contributed by atoms with van der Waals surface area (Å²) in [5.41, 5.74) is 2.79. The van der Waals surface area contributed by atoms with E-state index in [-0.39, 0.29) is 0 Å². The molecule has 0 amide bonds. The fourth-order valence-electron chi connectivity index (χ4n) is 2.98. The van der Waals surface area contributed by atoms with Crippen molar-refractivity contribution in [1.82, 2.24) is 14.9 Å². The van der Waals surface area contributed by atoms with Crippen LogP contribution in [0.1, 0.15) is 63.8 Å². The first-order valence-electron chi connectivity index (χ1n) is 7.46. The molecule has 1 aromatic rings. The zero-order chi connectivity index (χ0) is 13.1. The minimum Gasteiger partial charge on any atom is -0.329 e. The van der Waals surface area contributed by atoms with Crippen LogP contribution in [0.2, 0.25) is 0 Å². The standard InChI is InChI=1S/C15H27N3/c1-5-12(6-2)18-14-7-8-16-10-13(14)17-15(18)9-11(3)4/h11-12,16H,5-10H2,1-4H3. The molecule has 3 nitrogen and oxygen atoms in total. The molecule has 1 aromatic heterocycles. The molecule has 102 valence electrons. The van der Waals surface area contributed by atoms with Crippen LogP contribution >= 0.6 is 0 Å². The van der Waals surface area contributed by atoms with Crippen molar-refractivity contribution in [3.8, 4) is 0 Å². The molecule has 0 atom stereocenters. The molecule has 0 aromatic carbocycles. The van der Waals surface area contributed by atoms with E-state index in [1.54, 1.807) is 0 Å². The molecule has 3 heteroatoms. The van der Waals surface area contributed by atoms with Gasteiger partial charge in [0.1, 0.15) is 5.82 Å². The molecular weight excluding hydrogens is 222 g/mol. The lowest BCUT2D eigenvalue weighted by Gasteiger charge is -2.23. The summed E-state index contributed by atoms with van der Waals surface area (Å²) < 4.78 is 2.57. The Balaban J connectivity index is 2.40. The topological polar surface area (TPSA) is 29.9 Å². The van der Waals surface area contributed by atoms with Gasteiger partial charge in [0, 0.05) is 37.7 Å². The summed E-state index contributed by atoms with van der Waals surface area (Å²) in [6.07, 6.45) is 4.65. The Morgan fingerprint density at radius 1 is 1.28 bits per heavy atom. The smallest absolute Gasteiger partial charge is 0.109 e. The Labute approximate surface area is 111 Å². The van der Waals surface area contributed by atoms with Crippen LogP contribution in [-0.4, -0.2) is 16.1 Å². The SMILES string of the molecule is CCC(CC)n1c(CC(C)C)nc2c1CCNC2. The van der Waals surface area contributed by atoms with E-state index in [1.165, 1.54) is 30.1 Å². The molecule has 0 spiro atoms. The third-order valence-electron chi connectivity index (χ3n) is 3.90. The number of aromatic nitrogens is 2. The van der Waals surface area contributed by atoms with Crippen LogP contribution in [0, 0.1) is 5.92 Å². The highest BCUT2D eigenvalue weighted by Gasteiger charge is 2.23. The third-order valence-corrected chi connectivity index (χ3v) is 3.90. The Morgan fingerprint density at radius 3 is 2.61 bits per heavy atom. The second-order valence-corrected chi connectivity index (χ2v) is 5.79. The van der Waals surface area contributed by atoms with Crippen LogP contribution in [0.3, 0.4) is 0 Å². The van der Waals surface area contributed by atoms with Gasteiger partial charge in [-0.15, -0.1) is 0 Å². The van der Waals surface area contributed by atoms with Crippen LogP contribution in [0.25, 0.3) is 0 Å². The van der Waals surface area contributed by atoms with E-state index in [4.69, 9.17) is 4.98 Å². The number of fused-ring (bicyclic) bond motifs is 1. The summed E-state index contributed by atoms with van der Waals surface area (Å²) in [5.74, 6) is 1.99. The number of hydrogen-bond donors (Lipinski definition) is 1. The highest BCUT2D eigenvalue weighted by atomic mass is 15.1. The largest absolute Gasteiger partial charge is 0.329 e. The molecule has 0 bridgehead atoms. The van der Waals surface area contributed by atoms with Gasteiger partial charge in [-0.25, -0.2) is 4.98 Å². The monoisotopic (exact) mass is 249 g/mol. The molecule has 1 N–H and O–H groups in total. The molecule has 0 aliphatic carbocycles. The van der Waals surface area contributed by atoms with Crippen molar-refractivity contribution in [3.63, 3.8) is 0 Å². The molecule has 0 unspecified atom stereocenters. The van der Waals surface area contributed by atoms with Gasteiger partial charge in [0.05, 0.1) is 5.69 Å². The maximum atomic E-state index is 4.91. The molecule has 1 aliphatic rings. The summed E-state index contributed by atoms with van der Waals surface area (Å²) in [6.45, 7) is 11.2. The van der Waals surface area contributed by atoms with E-state index >= 15 is 0 Å². The van der Waals surface area contributed by atoms with Gasteiger partial charge in [0.25, 0.3) is 0 Å². The van der Waals surface area contributed by atoms with Crippen LogP contribution in [0.15, 0.2) is 0 Å². The molecule has 2 rings (SSSR count). The molecule has 2 heterocycles. The van der Waals surface area contributed by atoms with Crippen molar-refractivity contribution in [3.05, 3.63) is 17.2 Å². The van der Waals surface area contributed by atoms with Gasteiger partial charge in [-0.1, -0.05) is 27.7 Å². The predicted molar refractivity (Wildman–Crippen MR) is 75.8 cm³/mol. The Hall–Kier alpha value is -0.830. The quantitative estimate of drug-likeness (QED) is 0.869. The van der Waals surface area contributed by atoms with Gasteiger partial charge in [-0.05, 0) is 18.8 Å². The lowest BCUT2D eigenvalue weighted by molar-refractivity contribution is 0.426. The van der Waals surface area contributed by atoms with Crippen molar-refractivity contribution in [2.24, 2.45) is 5.92 Å². The normalized spacial score (nSPS) is 15.4. The van der Waals surface area contributed by atoms with Gasteiger partial charge in [0.2, 0.25) is 0 Å². The molecule has 0 saturated carbocycles. The summed E-state index contributed by atoms with van der Waals surface area (Å²) in [6, 6.07) is 0.632. The van der Waals surface area contributed by atoms with Crippen LogP contribution in [0.4, 0.5) is 0 Å². The van der Waals surface area contributed by atoms with Crippen LogP contribution < -0.4 is 5.32 Å². The first-order chi connectivity index (χ1) is 8.67. The molecular formula is C15H27N3. The zero-order valence-corrected chi connectivity index (χ0v) is 12.3. The molecule has 1 aliphatic heterocycles. The van der Waals surface area contributed by atoms with Crippen LogP contribution in [-0.2, 0) is 19.4 Å². The van der Waals surface area contributed by atoms with E-state index in [9.17, 15) is 0 Å². The third kappa shape index (κ3) is 2.61. The number of rotatable bonds is 5. The molecule has 0 fully saturated rings. The average Bonchev–Trinajstić information content (AvgIpc) is 2.69. The summed E-state index contributed by atoms with van der Waals surface area (Å²) in [4.78, 5) is 4.91. The van der Waals surface area contributed by atoms with Crippen molar-refractivity contribution in [2.45, 2.75) is 66.0 Å². The number of hydrogen-bond acceptors (Lipinski definition) is 2. The molecule has 0 saturated heterocycles. The van der Waals surface area contributed by atoms with E-state index in [1.807, 2.05) is 0 Å². The Bertz CT molecular complexity index is 389. The first kappa shape index (κ1) is 13.6. The van der Waals surface area contributed by atoms with E-state index < -0.39 is 0 Å². The lowest BCUT2D eigenvalue weighted by Crippen LogP contribution is -2.26. The Morgan fingerprint density at radius 2 is 2.00 bits per heavy atom. The number of nitrogens with one attached hydrogen (secondary N) is 1. The minimum absolute atomic E-state index is 0.632. The van der Waals surface area contributed by atoms with Gasteiger partial charge < -0.3 is 9.88 Å². The fraction of sp³-hybridized carbons (Fsp3) is 0.800. The van der Waals surface area contributed by atoms with Gasteiger partial charge in [-0.3, -0.25) is 0 Å². The maximum Gasteiger partial charge on any atom is 0.109 e. The fourth-order valence-corrected chi connectivity index (χ4v) is 2.98. The number of imidazole rings is 1. The highest BCUT2D eigenvalue weighted by Crippen LogP contribution is 2.26. The van der Waals surface area contributed by atoms with Crippen LogP contribution in [0.5, 0.6) is 0 Å². The van der Waals surface area contributed by atoms with Gasteiger partial charge in [0.15, 0.2) is 0 Å². The maximum absolute atomic E-state index is 4.91. The molecule has 18 heavy (non-hydrogen) atoms. The summed E-state index contributed by atoms with van der Waals surface area (Å²) in [7, 11) is 0. The minimum atomic E-state index is 0.632. The van der Waals surface area contributed by atoms with E-state index in [0.29, 0.717) is 12.0 Å². The van der Waals surface area contributed by atoms with E-state index in [2.05, 4.69) is 37.6 Å². The predicted octanol–water partition coefficient (Wildman–Crippen LogP) is 3.09. The first-order valence-corrected chi connectivity index (χ1v) is 7.46. The van der Waals surface area contributed by atoms with Crippen molar-refractivity contribution < 1.29 is 0 Å². The van der Waals surface area contributed by atoms with Crippen molar-refractivity contribution in [2.75, 3.05) is 6.54 Å². The highest BCUT2D eigenvalue weighted by molar-refractivity contribution is 5.21. The number of nitrogens with zero attached hydrogens (tertiary/aromatic N) is 2. The zero-order valence-electron chi connectivity index (χ0n) is 12.3. The Kier molecular flexibility index (Phi) is 4.44.